The normalized spacial score (nSPS) is 16.4. The molecule has 0 aliphatic carbocycles. The minimum Gasteiger partial charge on any atom is -0.507 e. The number of carbonyl (C=O) groups is 3. The van der Waals surface area contributed by atoms with Gasteiger partial charge in [-0.2, -0.15) is 0 Å². The third kappa shape index (κ3) is 5.30. The summed E-state index contributed by atoms with van der Waals surface area (Å²) in [4.78, 5) is 42.3. The molecular weight excluding hydrogens is 508 g/mol. The number of ether oxygens (including phenoxy) is 2. The van der Waals surface area contributed by atoms with Crippen molar-refractivity contribution in [2.75, 3.05) is 37.6 Å². The number of benzene rings is 3. The van der Waals surface area contributed by atoms with E-state index < -0.39 is 23.7 Å². The molecule has 0 saturated carbocycles. The quantitative estimate of drug-likeness (QED) is 0.169. The number of anilines is 2. The highest BCUT2D eigenvalue weighted by atomic mass is 16.5. The number of Topliss-reactive ketones (excluding diaryl/α,β-unsaturated/α-hetero) is 1. The summed E-state index contributed by atoms with van der Waals surface area (Å²) in [6.45, 7) is 6.43. The van der Waals surface area contributed by atoms with E-state index in [2.05, 4.69) is 0 Å². The van der Waals surface area contributed by atoms with E-state index in [0.29, 0.717) is 34.7 Å². The number of rotatable bonds is 8. The van der Waals surface area contributed by atoms with Crippen LogP contribution in [0.4, 0.5) is 11.4 Å². The van der Waals surface area contributed by atoms with Crippen LogP contribution in [0.5, 0.6) is 5.75 Å². The predicted molar refractivity (Wildman–Crippen MR) is 155 cm³/mol. The molecule has 1 saturated heterocycles. The van der Waals surface area contributed by atoms with Crippen molar-refractivity contribution in [1.82, 2.24) is 0 Å². The number of methoxy groups -OCH3 is 1. The van der Waals surface area contributed by atoms with Crippen LogP contribution in [-0.2, 0) is 14.3 Å². The minimum atomic E-state index is -0.894. The average molecular weight is 543 g/mol. The van der Waals surface area contributed by atoms with Crippen molar-refractivity contribution in [3.63, 3.8) is 0 Å². The lowest BCUT2D eigenvalue weighted by Gasteiger charge is -2.26. The fourth-order valence-electron chi connectivity index (χ4n) is 4.83. The number of nitrogens with zero attached hydrogens (tertiary/aromatic N) is 2. The van der Waals surface area contributed by atoms with E-state index in [1.165, 1.54) is 24.1 Å². The molecule has 0 radical (unpaired) electrons. The second-order valence-electron chi connectivity index (χ2n) is 10.0. The number of amides is 1. The summed E-state index contributed by atoms with van der Waals surface area (Å²) in [5.41, 5.74) is 3.59. The van der Waals surface area contributed by atoms with Crippen molar-refractivity contribution < 1.29 is 29.0 Å². The summed E-state index contributed by atoms with van der Waals surface area (Å²) < 4.78 is 10.5. The average Bonchev–Trinajstić information content (AvgIpc) is 3.22. The molecule has 3 aromatic rings. The van der Waals surface area contributed by atoms with Gasteiger partial charge in [0.1, 0.15) is 11.5 Å². The highest BCUT2D eigenvalue weighted by molar-refractivity contribution is 6.51. The zero-order chi connectivity index (χ0) is 29.1. The Balaban J connectivity index is 1.90. The van der Waals surface area contributed by atoms with Gasteiger partial charge in [0.25, 0.3) is 11.7 Å². The van der Waals surface area contributed by atoms with Crippen LogP contribution in [0.15, 0.2) is 72.3 Å². The number of esters is 1. The Hall–Kier alpha value is -4.59. The van der Waals surface area contributed by atoms with Crippen molar-refractivity contribution in [3.8, 4) is 5.75 Å². The number of hydrogen-bond donors (Lipinski definition) is 1. The summed E-state index contributed by atoms with van der Waals surface area (Å²) in [5, 5.41) is 11.6. The first-order chi connectivity index (χ1) is 19.1. The van der Waals surface area contributed by atoms with Crippen molar-refractivity contribution in [2.45, 2.75) is 32.7 Å². The molecule has 8 nitrogen and oxygen atoms in total. The molecule has 1 heterocycles. The maximum Gasteiger partial charge on any atom is 0.337 e. The monoisotopic (exact) mass is 542 g/mol. The molecule has 1 atom stereocenters. The second kappa shape index (κ2) is 11.7. The first-order valence-electron chi connectivity index (χ1n) is 13.1. The van der Waals surface area contributed by atoms with Crippen molar-refractivity contribution in [1.29, 1.82) is 0 Å². The van der Waals surface area contributed by atoms with E-state index in [4.69, 9.17) is 9.47 Å². The maximum absolute atomic E-state index is 13.6. The highest BCUT2D eigenvalue weighted by Crippen LogP contribution is 2.43. The fourth-order valence-corrected chi connectivity index (χ4v) is 4.83. The third-order valence-corrected chi connectivity index (χ3v) is 6.94. The molecule has 1 aliphatic rings. The van der Waals surface area contributed by atoms with Gasteiger partial charge < -0.3 is 19.5 Å². The van der Waals surface area contributed by atoms with Crippen LogP contribution in [0.25, 0.3) is 5.76 Å². The molecule has 4 rings (SSSR count). The van der Waals surface area contributed by atoms with Gasteiger partial charge in [-0.1, -0.05) is 26.0 Å². The van der Waals surface area contributed by atoms with Crippen LogP contribution in [0.2, 0.25) is 0 Å². The number of aliphatic hydroxyl groups excluding tert-OH is 1. The first kappa shape index (κ1) is 28.4. The van der Waals surface area contributed by atoms with E-state index in [9.17, 15) is 19.5 Å². The fraction of sp³-hybridized carbons (Fsp3) is 0.281. The van der Waals surface area contributed by atoms with E-state index in [0.717, 1.165) is 11.3 Å². The SMILES string of the molecule is CCOc1ccc(/C(O)=C2/C(=O)C(=O)N(c3ccc(C(=O)OC)cc3)C2c2ccc(N(C)C)cc2)cc1C(C)C. The van der Waals surface area contributed by atoms with Gasteiger partial charge in [-0.25, -0.2) is 4.79 Å². The van der Waals surface area contributed by atoms with E-state index in [-0.39, 0.29) is 17.3 Å². The van der Waals surface area contributed by atoms with E-state index in [1.807, 2.05) is 64.0 Å². The van der Waals surface area contributed by atoms with E-state index >= 15 is 0 Å². The Morgan fingerprint density at radius 3 is 2.15 bits per heavy atom. The minimum absolute atomic E-state index is 0.0153. The van der Waals surface area contributed by atoms with Crippen molar-refractivity contribution >= 4 is 34.8 Å². The number of carbonyl (C=O) groups excluding carboxylic acids is 3. The third-order valence-electron chi connectivity index (χ3n) is 6.94. The second-order valence-corrected chi connectivity index (χ2v) is 10.0. The van der Waals surface area contributed by atoms with Gasteiger partial charge in [0, 0.05) is 31.0 Å². The van der Waals surface area contributed by atoms with Crippen LogP contribution in [0.3, 0.4) is 0 Å². The molecule has 1 fully saturated rings. The van der Waals surface area contributed by atoms with Crippen molar-refractivity contribution in [2.24, 2.45) is 0 Å². The summed E-state index contributed by atoms with van der Waals surface area (Å²) in [6, 6.07) is 18.1. The topological polar surface area (TPSA) is 96.4 Å². The predicted octanol–water partition coefficient (Wildman–Crippen LogP) is 5.69. The van der Waals surface area contributed by atoms with Gasteiger partial charge in [-0.15, -0.1) is 0 Å². The lowest BCUT2D eigenvalue weighted by molar-refractivity contribution is -0.132. The largest absolute Gasteiger partial charge is 0.507 e. The lowest BCUT2D eigenvalue weighted by Crippen LogP contribution is -2.29. The Labute approximate surface area is 234 Å². The molecule has 1 N–H and O–H groups in total. The standard InChI is InChI=1S/C32H34N2O6/c1-7-40-26-17-12-22(18-25(26)19(2)3)29(35)27-28(20-8-13-23(14-9-20)33(4)5)34(31(37)30(27)36)24-15-10-21(11-16-24)32(38)39-6/h8-19,28,35H,7H2,1-6H3/b29-27-. The molecule has 1 aliphatic heterocycles. The molecule has 0 bridgehead atoms. The molecular formula is C32H34N2O6. The Morgan fingerprint density at radius 2 is 1.60 bits per heavy atom. The number of hydrogen-bond acceptors (Lipinski definition) is 7. The van der Waals surface area contributed by atoms with Crippen molar-refractivity contribution in [3.05, 3.63) is 94.6 Å². The Kier molecular flexibility index (Phi) is 8.28. The van der Waals surface area contributed by atoms with E-state index in [1.54, 1.807) is 30.3 Å². The molecule has 1 unspecified atom stereocenters. The number of ketones is 1. The zero-order valence-corrected chi connectivity index (χ0v) is 23.6. The molecule has 0 spiro atoms. The van der Waals surface area contributed by atoms with Crippen LogP contribution >= 0.6 is 0 Å². The zero-order valence-electron chi connectivity index (χ0n) is 23.6. The molecule has 3 aromatic carbocycles. The smallest absolute Gasteiger partial charge is 0.337 e. The number of aliphatic hydroxyl groups is 1. The van der Waals surface area contributed by atoms with Gasteiger partial charge in [0.2, 0.25) is 0 Å². The molecule has 1 amide bonds. The summed E-state index contributed by atoms with van der Waals surface area (Å²) in [5.74, 6) is -1.55. The lowest BCUT2D eigenvalue weighted by atomic mass is 9.93. The Morgan fingerprint density at radius 1 is 0.975 bits per heavy atom. The highest BCUT2D eigenvalue weighted by Gasteiger charge is 2.47. The molecule has 8 heteroatoms. The maximum atomic E-state index is 13.6. The van der Waals surface area contributed by atoms with Gasteiger partial charge in [0.05, 0.1) is 30.9 Å². The summed E-state index contributed by atoms with van der Waals surface area (Å²) in [7, 11) is 5.13. The molecule has 40 heavy (non-hydrogen) atoms. The van der Waals surface area contributed by atoms with Gasteiger partial charge in [0.15, 0.2) is 0 Å². The van der Waals surface area contributed by atoms with Gasteiger partial charge in [-0.3, -0.25) is 14.5 Å². The van der Waals surface area contributed by atoms with Crippen LogP contribution in [0.1, 0.15) is 59.8 Å². The summed E-state index contributed by atoms with van der Waals surface area (Å²) in [6.07, 6.45) is 0. The van der Waals surface area contributed by atoms with Crippen LogP contribution in [0, 0.1) is 0 Å². The first-order valence-corrected chi connectivity index (χ1v) is 13.1. The Bertz CT molecular complexity index is 1460. The van der Waals surface area contributed by atoms with Gasteiger partial charge in [-0.05, 0) is 78.6 Å². The molecule has 0 aromatic heterocycles. The van der Waals surface area contributed by atoms with Crippen LogP contribution in [-0.4, -0.2) is 50.6 Å². The van der Waals surface area contributed by atoms with Gasteiger partial charge >= 0.3 is 5.97 Å². The summed E-state index contributed by atoms with van der Waals surface area (Å²) >= 11 is 0. The van der Waals surface area contributed by atoms with Crippen LogP contribution < -0.4 is 14.5 Å². The molecule has 208 valence electrons.